The van der Waals surface area contributed by atoms with Crippen molar-refractivity contribution in [3.63, 3.8) is 0 Å². The number of ether oxygens (including phenoxy) is 2. The first-order chi connectivity index (χ1) is 8.08. The van der Waals surface area contributed by atoms with Crippen molar-refractivity contribution in [3.05, 3.63) is 0 Å². The third-order valence-corrected chi connectivity index (χ3v) is 2.37. The second-order valence-corrected chi connectivity index (χ2v) is 4.40. The molecule has 0 heterocycles. The molecule has 0 saturated carbocycles. The summed E-state index contributed by atoms with van der Waals surface area (Å²) in [5, 5.41) is 0. The topological polar surface area (TPSA) is 52.6 Å². The van der Waals surface area contributed by atoms with Gasteiger partial charge in [-0.1, -0.05) is 6.92 Å². The Morgan fingerprint density at radius 2 is 1.67 bits per heavy atom. The van der Waals surface area contributed by atoms with Crippen LogP contribution >= 0.6 is 0 Å². The van der Waals surface area contributed by atoms with Crippen LogP contribution in [0.3, 0.4) is 0 Å². The zero-order valence-electron chi connectivity index (χ0n) is 10.6. The van der Waals surface area contributed by atoms with E-state index in [1.165, 1.54) is 0 Å². The molecule has 0 rings (SSSR count). The zero-order chi connectivity index (χ0) is 14.4. The molecule has 0 saturated heterocycles. The molecule has 0 N–H and O–H groups in total. The van der Waals surface area contributed by atoms with Crippen molar-refractivity contribution in [1.29, 1.82) is 0 Å². The average molecular weight is 270 g/mol. The van der Waals surface area contributed by atoms with Crippen LogP contribution in [0.4, 0.5) is 13.2 Å². The van der Waals surface area contributed by atoms with E-state index in [-0.39, 0.29) is 13.0 Å². The van der Waals surface area contributed by atoms with E-state index in [9.17, 15) is 22.8 Å². The molecule has 0 fully saturated rings. The molecule has 0 aromatic rings. The van der Waals surface area contributed by atoms with Gasteiger partial charge in [0.2, 0.25) is 0 Å². The van der Waals surface area contributed by atoms with Gasteiger partial charge in [0.1, 0.15) is 6.61 Å². The van der Waals surface area contributed by atoms with E-state index in [0.717, 1.165) is 0 Å². The van der Waals surface area contributed by atoms with Crippen LogP contribution in [0.15, 0.2) is 0 Å². The molecule has 0 atom stereocenters. The average Bonchev–Trinajstić information content (AvgIpc) is 2.25. The minimum absolute atomic E-state index is 0.279. The molecule has 0 aromatic heterocycles. The van der Waals surface area contributed by atoms with Gasteiger partial charge in [-0.3, -0.25) is 9.59 Å². The minimum Gasteiger partial charge on any atom is -0.465 e. The van der Waals surface area contributed by atoms with Crippen LogP contribution in [0.25, 0.3) is 0 Å². The van der Waals surface area contributed by atoms with Crippen LogP contribution < -0.4 is 0 Å². The van der Waals surface area contributed by atoms with E-state index in [4.69, 9.17) is 4.74 Å². The predicted octanol–water partition coefficient (Wildman–Crippen LogP) is 2.46. The number of hydrogen-bond donors (Lipinski definition) is 0. The Morgan fingerprint density at radius 1 is 1.11 bits per heavy atom. The summed E-state index contributed by atoms with van der Waals surface area (Å²) in [4.78, 5) is 22.3. The van der Waals surface area contributed by atoms with Gasteiger partial charge in [0, 0.05) is 0 Å². The van der Waals surface area contributed by atoms with Crippen molar-refractivity contribution < 1.29 is 32.2 Å². The van der Waals surface area contributed by atoms with E-state index in [1.54, 1.807) is 20.8 Å². The van der Waals surface area contributed by atoms with Gasteiger partial charge in [-0.2, -0.15) is 13.2 Å². The number of halogens is 3. The fourth-order valence-corrected chi connectivity index (χ4v) is 0.801. The smallest absolute Gasteiger partial charge is 0.422 e. The van der Waals surface area contributed by atoms with E-state index < -0.39 is 30.1 Å². The third kappa shape index (κ3) is 7.13. The zero-order valence-corrected chi connectivity index (χ0v) is 10.6. The van der Waals surface area contributed by atoms with Gasteiger partial charge in [-0.05, 0) is 20.3 Å². The Kier molecular flexibility index (Phi) is 6.14. The van der Waals surface area contributed by atoms with Gasteiger partial charge in [-0.25, -0.2) is 0 Å². The summed E-state index contributed by atoms with van der Waals surface area (Å²) in [5.41, 5.74) is -0.671. The monoisotopic (exact) mass is 270 g/mol. The Morgan fingerprint density at radius 3 is 2.11 bits per heavy atom. The van der Waals surface area contributed by atoms with E-state index in [2.05, 4.69) is 4.74 Å². The molecular weight excluding hydrogens is 253 g/mol. The molecule has 0 bridgehead atoms. The molecular formula is C11H17F3O4. The molecule has 0 aliphatic rings. The van der Waals surface area contributed by atoms with E-state index in [1.807, 2.05) is 0 Å². The molecule has 0 aliphatic carbocycles. The summed E-state index contributed by atoms with van der Waals surface area (Å²) < 4.78 is 43.8. The lowest BCUT2D eigenvalue weighted by molar-refractivity contribution is -0.187. The predicted molar refractivity (Wildman–Crippen MR) is 56.7 cm³/mol. The molecule has 18 heavy (non-hydrogen) atoms. The van der Waals surface area contributed by atoms with Gasteiger partial charge < -0.3 is 9.47 Å². The SMILES string of the molecule is CCC(C)(C)C(=O)OCCC(=O)OCC(F)(F)F. The highest BCUT2D eigenvalue weighted by Gasteiger charge is 2.30. The summed E-state index contributed by atoms with van der Waals surface area (Å²) >= 11 is 0. The lowest BCUT2D eigenvalue weighted by Crippen LogP contribution is -2.27. The van der Waals surface area contributed by atoms with E-state index in [0.29, 0.717) is 6.42 Å². The first-order valence-electron chi connectivity index (χ1n) is 5.48. The van der Waals surface area contributed by atoms with Crippen LogP contribution in [-0.4, -0.2) is 31.3 Å². The van der Waals surface area contributed by atoms with Crippen LogP contribution in [0.5, 0.6) is 0 Å². The van der Waals surface area contributed by atoms with E-state index >= 15 is 0 Å². The highest BCUT2D eigenvalue weighted by Crippen LogP contribution is 2.21. The first kappa shape index (κ1) is 16.7. The van der Waals surface area contributed by atoms with Crippen molar-refractivity contribution in [3.8, 4) is 0 Å². The minimum atomic E-state index is -4.55. The lowest BCUT2D eigenvalue weighted by Gasteiger charge is -2.20. The Hall–Kier alpha value is -1.27. The number of alkyl halides is 3. The summed E-state index contributed by atoms with van der Waals surface area (Å²) in [6.07, 6.45) is -4.37. The maximum absolute atomic E-state index is 11.7. The normalized spacial score (nSPS) is 12.1. The lowest BCUT2D eigenvalue weighted by atomic mass is 9.91. The second kappa shape index (κ2) is 6.61. The van der Waals surface area contributed by atoms with Crippen molar-refractivity contribution in [2.24, 2.45) is 5.41 Å². The largest absolute Gasteiger partial charge is 0.465 e. The van der Waals surface area contributed by atoms with Crippen molar-refractivity contribution in [2.45, 2.75) is 39.8 Å². The quantitative estimate of drug-likeness (QED) is 0.696. The maximum Gasteiger partial charge on any atom is 0.422 e. The highest BCUT2D eigenvalue weighted by atomic mass is 19.4. The summed E-state index contributed by atoms with van der Waals surface area (Å²) in [5.74, 6) is -1.54. The maximum atomic E-state index is 11.7. The Bertz CT molecular complexity index is 297. The number of rotatable bonds is 6. The van der Waals surface area contributed by atoms with Gasteiger partial charge in [0.05, 0.1) is 11.8 Å². The molecule has 0 spiro atoms. The molecule has 0 aliphatic heterocycles. The molecule has 106 valence electrons. The second-order valence-electron chi connectivity index (χ2n) is 4.40. The van der Waals surface area contributed by atoms with Crippen LogP contribution in [-0.2, 0) is 19.1 Å². The Balaban J connectivity index is 3.86. The third-order valence-electron chi connectivity index (χ3n) is 2.37. The van der Waals surface area contributed by atoms with Crippen LogP contribution in [0.2, 0.25) is 0 Å². The fourth-order valence-electron chi connectivity index (χ4n) is 0.801. The number of carbonyl (C=O) groups excluding carboxylic acids is 2. The van der Waals surface area contributed by atoms with Gasteiger partial charge in [0.15, 0.2) is 6.61 Å². The molecule has 0 aromatic carbocycles. The van der Waals surface area contributed by atoms with Crippen molar-refractivity contribution in [1.82, 2.24) is 0 Å². The summed E-state index contributed by atoms with van der Waals surface area (Å²) in [6, 6.07) is 0. The Labute approximate surface area is 103 Å². The summed E-state index contributed by atoms with van der Waals surface area (Å²) in [7, 11) is 0. The molecule has 0 radical (unpaired) electrons. The fraction of sp³-hybridized carbons (Fsp3) is 0.818. The van der Waals surface area contributed by atoms with Gasteiger partial charge in [-0.15, -0.1) is 0 Å². The first-order valence-corrected chi connectivity index (χ1v) is 5.48. The van der Waals surface area contributed by atoms with Crippen molar-refractivity contribution >= 4 is 11.9 Å². The van der Waals surface area contributed by atoms with Gasteiger partial charge in [0.25, 0.3) is 0 Å². The molecule has 0 amide bonds. The van der Waals surface area contributed by atoms with Crippen LogP contribution in [0.1, 0.15) is 33.6 Å². The number of esters is 2. The van der Waals surface area contributed by atoms with Crippen LogP contribution in [0, 0.1) is 5.41 Å². The molecule has 4 nitrogen and oxygen atoms in total. The molecule has 7 heteroatoms. The number of carbonyl (C=O) groups is 2. The van der Waals surface area contributed by atoms with Crippen molar-refractivity contribution in [2.75, 3.05) is 13.2 Å². The summed E-state index contributed by atoms with van der Waals surface area (Å²) in [6.45, 7) is 3.26. The highest BCUT2D eigenvalue weighted by molar-refractivity contribution is 5.76. The molecule has 0 unspecified atom stereocenters. The number of hydrogen-bond acceptors (Lipinski definition) is 4. The standard InChI is InChI=1S/C11H17F3O4/c1-4-10(2,3)9(16)17-6-5-8(15)18-7-11(12,13)14/h4-7H2,1-3H3. The van der Waals surface area contributed by atoms with Gasteiger partial charge >= 0.3 is 18.1 Å².